The Hall–Kier alpha value is -4.00. The van der Waals surface area contributed by atoms with Gasteiger partial charge in [0.05, 0.1) is 11.1 Å². The van der Waals surface area contributed by atoms with Crippen LogP contribution in [-0.4, -0.2) is 20.7 Å². The number of aromatic nitrogens is 2. The van der Waals surface area contributed by atoms with Gasteiger partial charge in [-0.2, -0.15) is 5.10 Å². The van der Waals surface area contributed by atoms with Gasteiger partial charge in [0.25, 0.3) is 0 Å². The van der Waals surface area contributed by atoms with E-state index in [-0.39, 0.29) is 11.5 Å². The van der Waals surface area contributed by atoms with Gasteiger partial charge in [0.15, 0.2) is 0 Å². The largest absolute Gasteiger partial charge is 0.342 e. The Kier molecular flexibility index (Phi) is 4.79. The van der Waals surface area contributed by atoms with Crippen molar-refractivity contribution in [3.8, 4) is 0 Å². The van der Waals surface area contributed by atoms with Gasteiger partial charge in [0, 0.05) is 41.5 Å². The van der Waals surface area contributed by atoms with Gasteiger partial charge in [-0.25, -0.2) is 4.98 Å². The van der Waals surface area contributed by atoms with Gasteiger partial charge < -0.3 is 4.57 Å². The Balaban J connectivity index is 1.63. The van der Waals surface area contributed by atoms with E-state index in [4.69, 9.17) is 0 Å². The minimum absolute atomic E-state index is 0.108. The van der Waals surface area contributed by atoms with Crippen molar-refractivity contribution in [2.45, 2.75) is 6.54 Å². The van der Waals surface area contributed by atoms with Crippen molar-refractivity contribution in [3.05, 3.63) is 100 Å². The van der Waals surface area contributed by atoms with Gasteiger partial charge in [-0.3, -0.25) is 15.5 Å². The van der Waals surface area contributed by atoms with E-state index in [2.05, 4.69) is 38.3 Å². The van der Waals surface area contributed by atoms with Crippen molar-refractivity contribution in [1.29, 1.82) is 0 Å². The number of pyridine rings is 1. The third-order valence-electron chi connectivity index (χ3n) is 4.37. The van der Waals surface area contributed by atoms with E-state index in [9.17, 15) is 10.1 Å². The molecule has 0 amide bonds. The molecule has 0 unspecified atom stereocenters. The molecule has 28 heavy (non-hydrogen) atoms. The Morgan fingerprint density at radius 2 is 1.86 bits per heavy atom. The van der Waals surface area contributed by atoms with E-state index in [0.29, 0.717) is 0 Å². The van der Waals surface area contributed by atoms with Crippen LogP contribution < -0.4 is 5.43 Å². The number of para-hydroxylation sites is 1. The van der Waals surface area contributed by atoms with Crippen LogP contribution in [0.4, 0.5) is 11.5 Å². The molecular weight excluding hydrogens is 354 g/mol. The highest BCUT2D eigenvalue weighted by molar-refractivity contribution is 5.99. The molecule has 0 radical (unpaired) electrons. The average Bonchev–Trinajstić information content (AvgIpc) is 3.07. The average molecular weight is 371 g/mol. The summed E-state index contributed by atoms with van der Waals surface area (Å²) in [6.07, 6.45) is 5.16. The van der Waals surface area contributed by atoms with E-state index in [1.54, 1.807) is 6.21 Å². The zero-order valence-electron chi connectivity index (χ0n) is 14.9. The molecule has 7 heteroatoms. The van der Waals surface area contributed by atoms with Gasteiger partial charge in [-0.05, 0) is 17.7 Å². The minimum atomic E-state index is -0.489. The SMILES string of the molecule is O=[N+]([O-])c1cccnc1N/N=C\c1cn(Cc2ccccc2)c2ccccc12. The number of hydrogen-bond donors (Lipinski definition) is 1. The second kappa shape index (κ2) is 7.71. The minimum Gasteiger partial charge on any atom is -0.342 e. The molecule has 0 atom stereocenters. The first-order chi connectivity index (χ1) is 13.7. The predicted molar refractivity (Wildman–Crippen MR) is 110 cm³/mol. The van der Waals surface area contributed by atoms with Crippen molar-refractivity contribution in [2.24, 2.45) is 5.10 Å². The van der Waals surface area contributed by atoms with Crippen LogP contribution in [0.5, 0.6) is 0 Å². The Morgan fingerprint density at radius 1 is 1.07 bits per heavy atom. The zero-order valence-corrected chi connectivity index (χ0v) is 14.9. The summed E-state index contributed by atoms with van der Waals surface area (Å²) in [6, 6.07) is 21.2. The highest BCUT2D eigenvalue weighted by Crippen LogP contribution is 2.22. The molecule has 0 aliphatic heterocycles. The Labute approximate surface area is 161 Å². The van der Waals surface area contributed by atoms with Crippen LogP contribution in [0, 0.1) is 10.1 Å². The molecule has 0 bridgehead atoms. The van der Waals surface area contributed by atoms with Gasteiger partial charge in [-0.15, -0.1) is 0 Å². The summed E-state index contributed by atoms with van der Waals surface area (Å²) in [4.78, 5) is 14.6. The van der Waals surface area contributed by atoms with Crippen molar-refractivity contribution in [2.75, 3.05) is 5.43 Å². The van der Waals surface area contributed by atoms with Gasteiger partial charge in [-0.1, -0.05) is 48.5 Å². The van der Waals surface area contributed by atoms with Crippen molar-refractivity contribution >= 4 is 28.6 Å². The third-order valence-corrected chi connectivity index (χ3v) is 4.37. The van der Waals surface area contributed by atoms with Crippen LogP contribution in [0.1, 0.15) is 11.1 Å². The number of nitro groups is 1. The Bertz CT molecular complexity index is 1150. The maximum Gasteiger partial charge on any atom is 0.313 e. The second-order valence-corrected chi connectivity index (χ2v) is 6.21. The first-order valence-corrected chi connectivity index (χ1v) is 8.72. The number of hydrogen-bond acceptors (Lipinski definition) is 5. The summed E-state index contributed by atoms with van der Waals surface area (Å²) in [7, 11) is 0. The molecule has 2 aromatic heterocycles. The highest BCUT2D eigenvalue weighted by atomic mass is 16.6. The molecule has 0 spiro atoms. The van der Waals surface area contributed by atoms with Crippen LogP contribution in [0.25, 0.3) is 10.9 Å². The van der Waals surface area contributed by atoms with Crippen LogP contribution in [0.3, 0.4) is 0 Å². The fourth-order valence-corrected chi connectivity index (χ4v) is 3.08. The molecule has 0 aliphatic carbocycles. The van der Waals surface area contributed by atoms with Crippen LogP contribution in [0.15, 0.2) is 84.2 Å². The molecule has 138 valence electrons. The number of nitrogens with one attached hydrogen (secondary N) is 1. The van der Waals surface area contributed by atoms with E-state index in [0.717, 1.165) is 23.0 Å². The maximum absolute atomic E-state index is 11.1. The van der Waals surface area contributed by atoms with E-state index in [1.807, 2.05) is 42.6 Å². The second-order valence-electron chi connectivity index (χ2n) is 6.21. The lowest BCUT2D eigenvalue weighted by Crippen LogP contribution is -1.99. The smallest absolute Gasteiger partial charge is 0.313 e. The molecule has 4 aromatic rings. The lowest BCUT2D eigenvalue weighted by atomic mass is 10.2. The number of nitrogens with zero attached hydrogens (tertiary/aromatic N) is 4. The fraction of sp³-hybridized carbons (Fsp3) is 0.0476. The van der Waals surface area contributed by atoms with E-state index >= 15 is 0 Å². The summed E-state index contributed by atoms with van der Waals surface area (Å²) >= 11 is 0. The number of anilines is 1. The monoisotopic (exact) mass is 371 g/mol. The summed E-state index contributed by atoms with van der Waals surface area (Å²) in [5.74, 6) is 0.108. The number of fused-ring (bicyclic) bond motifs is 1. The summed E-state index contributed by atoms with van der Waals surface area (Å²) in [5, 5.41) is 16.3. The first-order valence-electron chi connectivity index (χ1n) is 8.72. The molecular formula is C21H17N5O2. The van der Waals surface area contributed by atoms with Gasteiger partial charge >= 0.3 is 5.69 Å². The molecule has 4 rings (SSSR count). The maximum atomic E-state index is 11.1. The first kappa shape index (κ1) is 17.4. The lowest BCUT2D eigenvalue weighted by molar-refractivity contribution is -0.384. The van der Waals surface area contributed by atoms with E-state index in [1.165, 1.54) is 23.9 Å². The van der Waals surface area contributed by atoms with Crippen molar-refractivity contribution in [1.82, 2.24) is 9.55 Å². The quantitative estimate of drug-likeness (QED) is 0.308. The van der Waals surface area contributed by atoms with Crippen LogP contribution in [0.2, 0.25) is 0 Å². The number of benzene rings is 2. The molecule has 0 aliphatic rings. The van der Waals surface area contributed by atoms with Gasteiger partial charge in [0.2, 0.25) is 5.82 Å². The van der Waals surface area contributed by atoms with Crippen molar-refractivity contribution < 1.29 is 4.92 Å². The van der Waals surface area contributed by atoms with Crippen molar-refractivity contribution in [3.63, 3.8) is 0 Å². The molecule has 1 N–H and O–H groups in total. The van der Waals surface area contributed by atoms with Crippen LogP contribution >= 0.6 is 0 Å². The fourth-order valence-electron chi connectivity index (χ4n) is 3.08. The normalized spacial score (nSPS) is 11.1. The third kappa shape index (κ3) is 3.59. The molecule has 0 saturated heterocycles. The molecule has 2 heterocycles. The molecule has 7 nitrogen and oxygen atoms in total. The summed E-state index contributed by atoms with van der Waals surface area (Å²) < 4.78 is 2.16. The van der Waals surface area contributed by atoms with Gasteiger partial charge in [0.1, 0.15) is 0 Å². The lowest BCUT2D eigenvalue weighted by Gasteiger charge is -2.05. The molecule has 0 saturated carbocycles. The summed E-state index contributed by atoms with van der Waals surface area (Å²) in [5.41, 5.74) is 5.77. The Morgan fingerprint density at radius 3 is 2.68 bits per heavy atom. The zero-order chi connectivity index (χ0) is 19.3. The van der Waals surface area contributed by atoms with Crippen LogP contribution in [-0.2, 0) is 6.54 Å². The molecule has 2 aromatic carbocycles. The number of hydrazone groups is 1. The number of rotatable bonds is 6. The predicted octanol–water partition coefficient (Wildman–Crippen LogP) is 4.44. The van der Waals surface area contributed by atoms with E-state index < -0.39 is 4.92 Å². The summed E-state index contributed by atoms with van der Waals surface area (Å²) in [6.45, 7) is 0.744. The topological polar surface area (TPSA) is 85.3 Å². The highest BCUT2D eigenvalue weighted by Gasteiger charge is 2.13. The molecule has 0 fully saturated rings. The standard InChI is InChI=1S/C21H17N5O2/c27-26(28)20-11-6-12-22-21(20)24-23-13-17-15-25(14-16-7-2-1-3-8-16)19-10-5-4-9-18(17)19/h1-13,15H,14H2,(H,22,24)/b23-13-.